The molecule has 32 heavy (non-hydrogen) atoms. The molecule has 174 valence electrons. The van der Waals surface area contributed by atoms with Crippen LogP contribution in [0.15, 0.2) is 42.5 Å². The van der Waals surface area contributed by atoms with Crippen LogP contribution in [0.2, 0.25) is 10.0 Å². The number of nitrogens with one attached hydrogen (secondary N) is 2. The lowest BCUT2D eigenvalue weighted by molar-refractivity contribution is -0.123. The Bertz CT molecular complexity index is 889. The molecule has 2 rings (SSSR count). The van der Waals surface area contributed by atoms with Crippen LogP contribution in [-0.4, -0.2) is 47.9 Å². The smallest absolute Gasteiger partial charge is 0.253 e. The zero-order chi connectivity index (χ0) is 23.5. The molecule has 2 aromatic rings. The molecule has 0 aliphatic heterocycles. The van der Waals surface area contributed by atoms with E-state index in [1.807, 2.05) is 18.4 Å². The summed E-state index contributed by atoms with van der Waals surface area (Å²) < 4.78 is 0. The third kappa shape index (κ3) is 8.32. The van der Waals surface area contributed by atoms with Gasteiger partial charge in [0.2, 0.25) is 5.91 Å². The summed E-state index contributed by atoms with van der Waals surface area (Å²) in [4.78, 5) is 27.8. The van der Waals surface area contributed by atoms with Crippen molar-refractivity contribution in [1.29, 1.82) is 0 Å². The Morgan fingerprint density at radius 3 is 2.28 bits per heavy atom. The second-order valence-corrected chi connectivity index (χ2v) is 9.26. The van der Waals surface area contributed by atoms with E-state index in [2.05, 4.69) is 41.5 Å². The molecule has 2 N–H and O–H groups in total. The quantitative estimate of drug-likeness (QED) is 0.434. The summed E-state index contributed by atoms with van der Waals surface area (Å²) in [5.41, 5.74) is 2.55. The van der Waals surface area contributed by atoms with Gasteiger partial charge < -0.3 is 10.6 Å². The normalized spacial score (nSPS) is 11.9. The molecule has 1 unspecified atom stereocenters. The molecule has 5 nitrogen and oxygen atoms in total. The summed E-state index contributed by atoms with van der Waals surface area (Å²) >= 11 is 13.7. The summed E-state index contributed by atoms with van der Waals surface area (Å²) in [5, 5.41) is 6.46. The Morgan fingerprint density at radius 1 is 1.03 bits per heavy atom. The van der Waals surface area contributed by atoms with E-state index in [-0.39, 0.29) is 10.9 Å². The van der Waals surface area contributed by atoms with Crippen molar-refractivity contribution in [2.24, 2.45) is 0 Å². The molecule has 1 atom stereocenters. The van der Waals surface area contributed by atoms with E-state index < -0.39 is 11.9 Å². The van der Waals surface area contributed by atoms with Crippen molar-refractivity contribution in [1.82, 2.24) is 15.5 Å². The highest BCUT2D eigenvalue weighted by Crippen LogP contribution is 2.21. The molecule has 0 aromatic heterocycles. The lowest BCUT2D eigenvalue weighted by atomic mass is 10.1. The van der Waals surface area contributed by atoms with Gasteiger partial charge in [-0.3, -0.25) is 14.5 Å². The first-order valence-corrected chi connectivity index (χ1v) is 12.9. The SMILES string of the molecule is CCN(CC)Cc1ccc(CNC(=O)C(CCSC)NC(=O)c2ccc(Cl)cc2Cl)cc1. The Labute approximate surface area is 205 Å². The molecule has 2 amide bonds. The van der Waals surface area contributed by atoms with E-state index in [0.29, 0.717) is 23.6 Å². The van der Waals surface area contributed by atoms with Gasteiger partial charge in [-0.1, -0.05) is 61.3 Å². The van der Waals surface area contributed by atoms with Crippen LogP contribution in [0.3, 0.4) is 0 Å². The van der Waals surface area contributed by atoms with Gasteiger partial charge in [-0.25, -0.2) is 0 Å². The van der Waals surface area contributed by atoms with E-state index >= 15 is 0 Å². The Morgan fingerprint density at radius 2 is 1.69 bits per heavy atom. The summed E-state index contributed by atoms with van der Waals surface area (Å²) in [6, 6.07) is 12.3. The van der Waals surface area contributed by atoms with Crippen molar-refractivity contribution in [2.75, 3.05) is 25.1 Å². The van der Waals surface area contributed by atoms with Gasteiger partial charge in [0.05, 0.1) is 10.6 Å². The summed E-state index contributed by atoms with van der Waals surface area (Å²) in [6.07, 6.45) is 2.49. The molecule has 2 aromatic carbocycles. The third-order valence-corrected chi connectivity index (χ3v) is 6.39. The van der Waals surface area contributed by atoms with Crippen LogP contribution in [0.5, 0.6) is 0 Å². The lowest BCUT2D eigenvalue weighted by Crippen LogP contribution is -2.47. The van der Waals surface area contributed by atoms with Gasteiger partial charge in [0.25, 0.3) is 5.91 Å². The zero-order valence-corrected chi connectivity index (χ0v) is 21.1. The summed E-state index contributed by atoms with van der Waals surface area (Å²) in [5.74, 6) is 0.130. The van der Waals surface area contributed by atoms with Crippen molar-refractivity contribution >= 4 is 46.8 Å². The van der Waals surface area contributed by atoms with Gasteiger partial charge in [-0.15, -0.1) is 0 Å². The van der Waals surface area contributed by atoms with Crippen LogP contribution in [0, 0.1) is 0 Å². The topological polar surface area (TPSA) is 61.4 Å². The number of carbonyl (C=O) groups excluding carboxylic acids is 2. The van der Waals surface area contributed by atoms with Gasteiger partial charge >= 0.3 is 0 Å². The van der Waals surface area contributed by atoms with E-state index in [1.54, 1.807) is 23.9 Å². The van der Waals surface area contributed by atoms with Crippen LogP contribution in [0.4, 0.5) is 0 Å². The van der Waals surface area contributed by atoms with Crippen LogP contribution in [0.25, 0.3) is 0 Å². The first-order valence-electron chi connectivity index (χ1n) is 10.7. The fourth-order valence-corrected chi connectivity index (χ4v) is 4.16. The van der Waals surface area contributed by atoms with Crippen molar-refractivity contribution < 1.29 is 9.59 Å². The fraction of sp³-hybridized carbons (Fsp3) is 0.417. The third-order valence-electron chi connectivity index (χ3n) is 5.20. The standard InChI is InChI=1S/C24H31Cl2N3O2S/c1-4-29(5-2)16-18-8-6-17(7-9-18)15-27-24(31)22(12-13-32-3)28-23(30)20-11-10-19(25)14-21(20)26/h6-11,14,22H,4-5,12-13,15-16H2,1-3H3,(H,27,31)(H,28,30). The molecule has 0 radical (unpaired) electrons. The van der Waals surface area contributed by atoms with Crippen LogP contribution < -0.4 is 10.6 Å². The van der Waals surface area contributed by atoms with Crippen LogP contribution in [0.1, 0.15) is 41.8 Å². The highest BCUT2D eigenvalue weighted by molar-refractivity contribution is 7.98. The van der Waals surface area contributed by atoms with Gasteiger partial charge in [-0.2, -0.15) is 11.8 Å². The molecular weight excluding hydrogens is 465 g/mol. The zero-order valence-electron chi connectivity index (χ0n) is 18.8. The molecular formula is C24H31Cl2N3O2S. The van der Waals surface area contributed by atoms with Crippen LogP contribution >= 0.6 is 35.0 Å². The van der Waals surface area contributed by atoms with Crippen molar-refractivity contribution in [3.8, 4) is 0 Å². The molecule has 0 saturated carbocycles. The molecule has 0 bridgehead atoms. The fourth-order valence-electron chi connectivity index (χ4n) is 3.19. The highest BCUT2D eigenvalue weighted by atomic mass is 35.5. The highest BCUT2D eigenvalue weighted by Gasteiger charge is 2.22. The number of thioether (sulfide) groups is 1. The van der Waals surface area contributed by atoms with Gasteiger partial charge in [-0.05, 0) is 60.8 Å². The van der Waals surface area contributed by atoms with E-state index in [0.717, 1.165) is 31.0 Å². The van der Waals surface area contributed by atoms with Gasteiger partial charge in [0, 0.05) is 18.1 Å². The molecule has 0 aliphatic rings. The van der Waals surface area contributed by atoms with E-state index in [9.17, 15) is 9.59 Å². The number of amides is 2. The monoisotopic (exact) mass is 495 g/mol. The second-order valence-electron chi connectivity index (χ2n) is 7.43. The molecule has 0 saturated heterocycles. The summed E-state index contributed by atoms with van der Waals surface area (Å²) in [6.45, 7) is 7.64. The number of benzene rings is 2. The first-order chi connectivity index (χ1) is 15.4. The Hall–Kier alpha value is -1.73. The Kier molecular flexibility index (Phi) is 11.4. The van der Waals surface area contributed by atoms with E-state index in [4.69, 9.17) is 23.2 Å². The average molecular weight is 497 g/mol. The number of hydrogen-bond acceptors (Lipinski definition) is 4. The molecule has 0 aliphatic carbocycles. The number of nitrogens with zero attached hydrogens (tertiary/aromatic N) is 1. The number of carbonyl (C=O) groups is 2. The summed E-state index contributed by atoms with van der Waals surface area (Å²) in [7, 11) is 0. The molecule has 0 fully saturated rings. The molecule has 8 heteroatoms. The Balaban J connectivity index is 1.97. The number of halogens is 2. The van der Waals surface area contributed by atoms with E-state index in [1.165, 1.54) is 11.6 Å². The van der Waals surface area contributed by atoms with Crippen LogP contribution in [-0.2, 0) is 17.9 Å². The minimum Gasteiger partial charge on any atom is -0.350 e. The lowest BCUT2D eigenvalue weighted by Gasteiger charge is -2.19. The maximum absolute atomic E-state index is 12.8. The van der Waals surface area contributed by atoms with Gasteiger partial charge in [0.1, 0.15) is 6.04 Å². The van der Waals surface area contributed by atoms with Gasteiger partial charge in [0.15, 0.2) is 0 Å². The van der Waals surface area contributed by atoms with Crippen molar-refractivity contribution in [3.63, 3.8) is 0 Å². The number of rotatable bonds is 12. The minimum absolute atomic E-state index is 0.218. The molecule has 0 spiro atoms. The maximum atomic E-state index is 12.8. The second kappa shape index (κ2) is 13.7. The first kappa shape index (κ1) is 26.5. The predicted molar refractivity (Wildman–Crippen MR) is 136 cm³/mol. The predicted octanol–water partition coefficient (Wildman–Crippen LogP) is 5.00. The largest absolute Gasteiger partial charge is 0.350 e. The maximum Gasteiger partial charge on any atom is 0.253 e. The molecule has 0 heterocycles. The number of hydrogen-bond donors (Lipinski definition) is 2. The van der Waals surface area contributed by atoms with Crippen molar-refractivity contribution in [3.05, 3.63) is 69.2 Å². The minimum atomic E-state index is -0.649. The average Bonchev–Trinajstić information content (AvgIpc) is 2.79. The van der Waals surface area contributed by atoms with Crippen molar-refractivity contribution in [2.45, 2.75) is 39.4 Å².